The number of carbonyl (C=O) groups excluding carboxylic acids is 1. The maximum absolute atomic E-state index is 12.2. The van der Waals surface area contributed by atoms with Crippen molar-refractivity contribution >= 4 is 5.97 Å². The first kappa shape index (κ1) is 17.2. The molecule has 2 heterocycles. The van der Waals surface area contributed by atoms with Crippen LogP contribution in [-0.2, 0) is 11.3 Å². The van der Waals surface area contributed by atoms with E-state index in [0.29, 0.717) is 11.6 Å². The maximum atomic E-state index is 12.2. The highest BCUT2D eigenvalue weighted by Gasteiger charge is 2.11. The molecule has 6 heteroatoms. The topological polar surface area (TPSA) is 66.2 Å². The van der Waals surface area contributed by atoms with Crippen molar-refractivity contribution in [1.82, 2.24) is 14.5 Å². The van der Waals surface area contributed by atoms with Gasteiger partial charge in [-0.3, -0.25) is 4.57 Å². The van der Waals surface area contributed by atoms with Gasteiger partial charge >= 0.3 is 5.97 Å². The van der Waals surface area contributed by atoms with E-state index in [2.05, 4.69) is 15.9 Å². The zero-order chi connectivity index (χ0) is 18.4. The lowest BCUT2D eigenvalue weighted by Crippen LogP contribution is -2.09. The molecule has 1 atom stereocenters. The van der Waals surface area contributed by atoms with Crippen molar-refractivity contribution in [3.63, 3.8) is 0 Å². The van der Waals surface area contributed by atoms with Gasteiger partial charge in [-0.15, -0.1) is 6.42 Å². The Bertz CT molecular complexity index is 912. The molecule has 3 rings (SSSR count). The molecule has 3 aromatic rings. The Labute approximate surface area is 151 Å². The fraction of sp³-hybridized carbons (Fsp3) is 0.150. The number of imidazole rings is 1. The molecular formula is C20H17N3O3. The van der Waals surface area contributed by atoms with Gasteiger partial charge in [0.25, 0.3) is 0 Å². The number of rotatable bonds is 6. The summed E-state index contributed by atoms with van der Waals surface area (Å²) in [6, 6.07) is 12.4. The van der Waals surface area contributed by atoms with E-state index in [-0.39, 0.29) is 18.4 Å². The Morgan fingerprint density at radius 2 is 2.08 bits per heavy atom. The minimum absolute atomic E-state index is 0.140. The quantitative estimate of drug-likeness (QED) is 0.506. The molecule has 0 unspecified atom stereocenters. The van der Waals surface area contributed by atoms with Gasteiger partial charge in [-0.25, -0.2) is 14.8 Å². The van der Waals surface area contributed by atoms with Crippen LogP contribution in [0, 0.1) is 12.3 Å². The van der Waals surface area contributed by atoms with E-state index in [0.717, 1.165) is 5.56 Å². The number of terminal acetylenes is 1. The molecule has 1 aromatic carbocycles. The van der Waals surface area contributed by atoms with Gasteiger partial charge < -0.3 is 9.47 Å². The van der Waals surface area contributed by atoms with Crippen LogP contribution in [0.5, 0.6) is 5.75 Å². The van der Waals surface area contributed by atoms with Crippen molar-refractivity contribution in [1.29, 1.82) is 0 Å². The highest BCUT2D eigenvalue weighted by atomic mass is 16.5. The lowest BCUT2D eigenvalue weighted by Gasteiger charge is -2.10. The second-order valence-corrected chi connectivity index (χ2v) is 5.50. The van der Waals surface area contributed by atoms with Gasteiger partial charge in [0.05, 0.1) is 0 Å². The fourth-order valence-corrected chi connectivity index (χ4v) is 2.20. The molecule has 0 saturated carbocycles. The fourth-order valence-electron chi connectivity index (χ4n) is 2.20. The van der Waals surface area contributed by atoms with Gasteiger partial charge in [-0.05, 0) is 36.8 Å². The first-order valence-electron chi connectivity index (χ1n) is 8.00. The average molecular weight is 347 g/mol. The van der Waals surface area contributed by atoms with Crippen LogP contribution in [0.2, 0.25) is 0 Å². The first-order valence-corrected chi connectivity index (χ1v) is 8.00. The predicted octanol–water partition coefficient (Wildman–Crippen LogP) is 3.02. The molecule has 0 saturated heterocycles. The van der Waals surface area contributed by atoms with E-state index in [1.54, 1.807) is 60.5 Å². The van der Waals surface area contributed by atoms with Crippen molar-refractivity contribution < 1.29 is 14.3 Å². The Morgan fingerprint density at radius 1 is 1.27 bits per heavy atom. The van der Waals surface area contributed by atoms with Crippen LogP contribution >= 0.6 is 0 Å². The van der Waals surface area contributed by atoms with E-state index in [9.17, 15) is 4.79 Å². The molecule has 0 spiro atoms. The van der Waals surface area contributed by atoms with Crippen LogP contribution in [0.1, 0.15) is 23.0 Å². The van der Waals surface area contributed by atoms with Crippen molar-refractivity contribution in [2.45, 2.75) is 19.6 Å². The van der Waals surface area contributed by atoms with Crippen molar-refractivity contribution in [2.75, 3.05) is 0 Å². The summed E-state index contributed by atoms with van der Waals surface area (Å²) in [5, 5.41) is 0. The molecule has 2 aromatic heterocycles. The third kappa shape index (κ3) is 4.28. The number of ether oxygens (including phenoxy) is 2. The highest BCUT2D eigenvalue weighted by molar-refractivity contribution is 5.87. The summed E-state index contributed by atoms with van der Waals surface area (Å²) in [6.07, 6.45) is 9.99. The number of aromatic nitrogens is 3. The summed E-state index contributed by atoms with van der Waals surface area (Å²) in [6.45, 7) is 1.93. The number of benzene rings is 1. The lowest BCUT2D eigenvalue weighted by atomic mass is 10.2. The number of carbonyl (C=O) groups is 1. The Balaban J connectivity index is 1.61. The predicted molar refractivity (Wildman–Crippen MR) is 95.8 cm³/mol. The molecule has 0 N–H and O–H groups in total. The second-order valence-electron chi connectivity index (χ2n) is 5.50. The van der Waals surface area contributed by atoms with Crippen LogP contribution in [0.15, 0.2) is 61.2 Å². The molecule has 0 fully saturated rings. The van der Waals surface area contributed by atoms with Crippen LogP contribution < -0.4 is 4.74 Å². The smallest absolute Gasteiger partial charge is 0.357 e. The molecule has 0 radical (unpaired) electrons. The summed E-state index contributed by atoms with van der Waals surface area (Å²) in [7, 11) is 0. The standard InChI is InChI=1S/C20H17N3O3/c1-3-15(2)26-17-9-7-16(8-10-17)13-25-20(24)18-5-4-6-19(22-18)23-12-11-21-14-23/h1,4-12,14-15H,13H2,2H3/t15-/m0/s1. The van der Waals surface area contributed by atoms with Crippen LogP contribution in [0.25, 0.3) is 5.82 Å². The molecule has 0 aliphatic carbocycles. The average Bonchev–Trinajstić information content (AvgIpc) is 3.22. The molecule has 26 heavy (non-hydrogen) atoms. The Hall–Kier alpha value is -3.59. The number of nitrogens with zero attached hydrogens (tertiary/aromatic N) is 3. The number of esters is 1. The minimum atomic E-state index is -0.492. The van der Waals surface area contributed by atoms with Gasteiger partial charge in [0, 0.05) is 12.4 Å². The molecule has 0 aliphatic heterocycles. The van der Waals surface area contributed by atoms with Gasteiger partial charge in [0.2, 0.25) is 0 Å². The van der Waals surface area contributed by atoms with Gasteiger partial charge in [0.1, 0.15) is 24.5 Å². The van der Waals surface area contributed by atoms with E-state index in [1.165, 1.54) is 0 Å². The van der Waals surface area contributed by atoms with Gasteiger partial charge in [-0.1, -0.05) is 24.1 Å². The van der Waals surface area contributed by atoms with Crippen molar-refractivity contribution in [3.8, 4) is 23.9 Å². The third-order valence-corrected chi connectivity index (χ3v) is 3.55. The minimum Gasteiger partial charge on any atom is -0.478 e. The van der Waals surface area contributed by atoms with Crippen molar-refractivity contribution in [2.24, 2.45) is 0 Å². The van der Waals surface area contributed by atoms with Crippen molar-refractivity contribution in [3.05, 3.63) is 72.4 Å². The number of hydrogen-bond donors (Lipinski definition) is 0. The van der Waals surface area contributed by atoms with E-state index >= 15 is 0 Å². The summed E-state index contributed by atoms with van der Waals surface area (Å²) in [5.41, 5.74) is 1.07. The van der Waals surface area contributed by atoms with E-state index < -0.39 is 5.97 Å². The summed E-state index contributed by atoms with van der Waals surface area (Å²) in [5.74, 6) is 3.27. The van der Waals surface area contributed by atoms with E-state index in [1.807, 2.05) is 12.1 Å². The van der Waals surface area contributed by atoms with Crippen LogP contribution in [0.4, 0.5) is 0 Å². The Morgan fingerprint density at radius 3 is 2.77 bits per heavy atom. The molecule has 130 valence electrons. The zero-order valence-corrected chi connectivity index (χ0v) is 14.2. The molecule has 0 aliphatic rings. The largest absolute Gasteiger partial charge is 0.478 e. The highest BCUT2D eigenvalue weighted by Crippen LogP contribution is 2.15. The maximum Gasteiger partial charge on any atom is 0.357 e. The number of hydrogen-bond acceptors (Lipinski definition) is 5. The summed E-state index contributed by atoms with van der Waals surface area (Å²) < 4.78 is 12.5. The van der Waals surface area contributed by atoms with Gasteiger partial charge in [-0.2, -0.15) is 0 Å². The van der Waals surface area contributed by atoms with Crippen LogP contribution in [0.3, 0.4) is 0 Å². The third-order valence-electron chi connectivity index (χ3n) is 3.55. The van der Waals surface area contributed by atoms with E-state index in [4.69, 9.17) is 15.9 Å². The van der Waals surface area contributed by atoms with Crippen LogP contribution in [-0.4, -0.2) is 26.6 Å². The number of pyridine rings is 1. The summed E-state index contributed by atoms with van der Waals surface area (Å²) >= 11 is 0. The molecule has 6 nitrogen and oxygen atoms in total. The lowest BCUT2D eigenvalue weighted by molar-refractivity contribution is 0.0465. The normalized spacial score (nSPS) is 11.4. The zero-order valence-electron chi connectivity index (χ0n) is 14.2. The molecule has 0 bridgehead atoms. The Kier molecular flexibility index (Phi) is 5.30. The second kappa shape index (κ2) is 7.99. The monoisotopic (exact) mass is 347 g/mol. The van der Waals surface area contributed by atoms with Gasteiger partial charge in [0.15, 0.2) is 11.8 Å². The first-order chi connectivity index (χ1) is 12.7. The SMILES string of the molecule is C#C[C@H](C)Oc1ccc(COC(=O)c2cccc(-n3ccnc3)n2)cc1. The summed E-state index contributed by atoms with van der Waals surface area (Å²) in [4.78, 5) is 20.5. The molecule has 0 amide bonds. The molecular weight excluding hydrogens is 330 g/mol.